The van der Waals surface area contributed by atoms with Crippen molar-refractivity contribution in [1.82, 2.24) is 4.90 Å². The highest BCUT2D eigenvalue weighted by atomic mass is 32.2. The van der Waals surface area contributed by atoms with Crippen molar-refractivity contribution in [3.05, 3.63) is 29.3 Å². The molecule has 3 aliphatic rings. The van der Waals surface area contributed by atoms with E-state index in [0.29, 0.717) is 24.2 Å². The van der Waals surface area contributed by atoms with Crippen molar-refractivity contribution in [2.45, 2.75) is 127 Å². The van der Waals surface area contributed by atoms with Crippen LogP contribution >= 0.6 is 11.8 Å². The summed E-state index contributed by atoms with van der Waals surface area (Å²) in [6.07, 6.45) is 14.3. The zero-order chi connectivity index (χ0) is 28.0. The van der Waals surface area contributed by atoms with Crippen LogP contribution in [-0.2, 0) is 4.79 Å². The first-order valence-electron chi connectivity index (χ1n) is 15.8. The van der Waals surface area contributed by atoms with Crippen molar-refractivity contribution in [1.29, 1.82) is 0 Å². The number of aliphatic hydroxyl groups excluding tert-OH is 2. The number of aromatic hydroxyl groups is 1. The van der Waals surface area contributed by atoms with E-state index >= 15 is 0 Å². The number of carbonyl (C=O) groups is 1. The molecule has 3 N–H and O–H groups in total. The maximum Gasteiger partial charge on any atom is 0.222 e. The smallest absolute Gasteiger partial charge is 0.222 e. The third kappa shape index (κ3) is 6.98. The number of rotatable bonds is 14. The Labute approximate surface area is 241 Å². The van der Waals surface area contributed by atoms with E-state index < -0.39 is 6.10 Å². The van der Waals surface area contributed by atoms with Crippen LogP contribution in [0.4, 0.5) is 0 Å². The number of hydrogen-bond donors (Lipinski definition) is 3. The molecule has 7 atom stereocenters. The molecule has 0 heterocycles. The normalized spacial score (nSPS) is 31.4. The van der Waals surface area contributed by atoms with E-state index in [1.54, 1.807) is 12.1 Å². The van der Waals surface area contributed by atoms with Crippen molar-refractivity contribution < 1.29 is 20.1 Å². The van der Waals surface area contributed by atoms with E-state index in [2.05, 4.69) is 13.8 Å². The number of thioether (sulfide) groups is 1. The number of benzene rings is 1. The van der Waals surface area contributed by atoms with Gasteiger partial charge in [0.2, 0.25) is 5.91 Å². The van der Waals surface area contributed by atoms with Crippen molar-refractivity contribution in [3.8, 4) is 5.75 Å². The Kier molecular flexibility index (Phi) is 11.1. The summed E-state index contributed by atoms with van der Waals surface area (Å²) in [5, 5.41) is 32.7. The second-order valence-electron chi connectivity index (χ2n) is 12.9. The highest BCUT2D eigenvalue weighted by Crippen LogP contribution is 2.64. The van der Waals surface area contributed by atoms with Crippen molar-refractivity contribution in [3.63, 3.8) is 0 Å². The molecule has 1 amide bonds. The molecule has 4 rings (SSSR count). The predicted octanol–water partition coefficient (Wildman–Crippen LogP) is 7.19. The molecule has 220 valence electrons. The average molecular weight is 560 g/mol. The second kappa shape index (κ2) is 14.1. The summed E-state index contributed by atoms with van der Waals surface area (Å²) in [6, 6.07) is 5.61. The van der Waals surface area contributed by atoms with Crippen LogP contribution in [0.2, 0.25) is 0 Å². The van der Waals surface area contributed by atoms with Crippen LogP contribution in [0, 0.1) is 17.3 Å². The lowest BCUT2D eigenvalue weighted by molar-refractivity contribution is -0.130. The average Bonchev–Trinajstić information content (AvgIpc) is 3.23. The SMILES string of the molecule is CCCCN(C)C(=O)CCCCCCCCCSC1C2C(CC[C@@]3(C)C2CC[C@@H]3O)c2ccc(O)cc2[C@H]1O. The topological polar surface area (TPSA) is 81.0 Å². The molecular formula is C33H53NO4S. The van der Waals surface area contributed by atoms with E-state index in [4.69, 9.17) is 0 Å². The molecule has 1 aromatic carbocycles. The highest BCUT2D eigenvalue weighted by molar-refractivity contribution is 7.99. The summed E-state index contributed by atoms with van der Waals surface area (Å²) in [4.78, 5) is 14.0. The molecule has 0 aromatic heterocycles. The zero-order valence-corrected chi connectivity index (χ0v) is 25.4. The van der Waals surface area contributed by atoms with E-state index in [9.17, 15) is 20.1 Å². The molecule has 0 bridgehead atoms. The van der Waals surface area contributed by atoms with E-state index in [0.717, 1.165) is 75.6 Å². The molecular weight excluding hydrogens is 506 g/mol. The minimum absolute atomic E-state index is 0.0380. The number of aliphatic hydroxyl groups is 2. The van der Waals surface area contributed by atoms with Crippen LogP contribution < -0.4 is 0 Å². The van der Waals surface area contributed by atoms with Gasteiger partial charge in [0.15, 0.2) is 0 Å². The first-order valence-corrected chi connectivity index (χ1v) is 16.9. The standard InChI is InChI=1S/C33H53NO4S/c1-4-5-20-34(3)29(37)13-11-9-7-6-8-10-12-21-39-32-30-25(18-19-33(2)27(30)16-17-28(33)36)24-15-14-23(35)22-26(24)31(32)38/h14-15,22,25,27-28,30-32,35-36,38H,4-13,16-21H2,1-3H3/t25?,27?,28-,30?,31+,32?,33-/m0/s1. The predicted molar refractivity (Wildman–Crippen MR) is 161 cm³/mol. The molecule has 1 aromatic rings. The van der Waals surface area contributed by atoms with Crippen molar-refractivity contribution in [2.75, 3.05) is 19.3 Å². The van der Waals surface area contributed by atoms with Crippen LogP contribution in [0.25, 0.3) is 0 Å². The van der Waals surface area contributed by atoms with Crippen LogP contribution in [0.3, 0.4) is 0 Å². The lowest BCUT2D eigenvalue weighted by atomic mass is 9.55. The fraction of sp³-hybridized carbons (Fsp3) is 0.788. The van der Waals surface area contributed by atoms with E-state index in [1.165, 1.54) is 31.2 Å². The van der Waals surface area contributed by atoms with Gasteiger partial charge in [0, 0.05) is 25.3 Å². The summed E-state index contributed by atoms with van der Waals surface area (Å²) in [7, 11) is 1.93. The van der Waals surface area contributed by atoms with Crippen molar-refractivity contribution >= 4 is 17.7 Å². The minimum atomic E-state index is -0.567. The van der Waals surface area contributed by atoms with Crippen LogP contribution in [0.5, 0.6) is 5.75 Å². The Hall–Kier alpha value is -1.24. The fourth-order valence-corrected chi connectivity index (χ4v) is 9.50. The molecule has 2 fully saturated rings. The molecule has 5 nitrogen and oxygen atoms in total. The number of nitrogens with zero attached hydrogens (tertiary/aromatic N) is 1. The number of carbonyl (C=O) groups excluding carboxylic acids is 1. The van der Waals surface area contributed by atoms with Crippen LogP contribution in [0.15, 0.2) is 18.2 Å². The van der Waals surface area contributed by atoms with Gasteiger partial charge in [-0.05, 0) is 97.1 Å². The molecule has 3 aliphatic carbocycles. The van der Waals surface area contributed by atoms with Gasteiger partial charge >= 0.3 is 0 Å². The van der Waals surface area contributed by atoms with Gasteiger partial charge in [0.25, 0.3) is 0 Å². The Balaban J connectivity index is 1.22. The first kappa shape index (κ1) is 30.7. The van der Waals surface area contributed by atoms with Gasteiger partial charge in [0.05, 0.1) is 12.2 Å². The maximum absolute atomic E-state index is 12.2. The summed E-state index contributed by atoms with van der Waals surface area (Å²) in [5.41, 5.74) is 2.11. The molecule has 0 aliphatic heterocycles. The van der Waals surface area contributed by atoms with Gasteiger partial charge in [-0.2, -0.15) is 11.8 Å². The molecule has 0 saturated heterocycles. The Morgan fingerprint density at radius 3 is 2.46 bits per heavy atom. The third-order valence-electron chi connectivity index (χ3n) is 10.4. The molecule has 39 heavy (non-hydrogen) atoms. The zero-order valence-electron chi connectivity index (χ0n) is 24.6. The summed E-state index contributed by atoms with van der Waals surface area (Å²) in [6.45, 7) is 5.32. The first-order chi connectivity index (χ1) is 18.8. The number of fused-ring (bicyclic) bond motifs is 5. The summed E-state index contributed by atoms with van der Waals surface area (Å²) >= 11 is 1.94. The lowest BCUT2D eigenvalue weighted by Gasteiger charge is -2.54. The van der Waals surface area contributed by atoms with Gasteiger partial charge in [-0.1, -0.05) is 58.4 Å². The van der Waals surface area contributed by atoms with Gasteiger partial charge in [-0.25, -0.2) is 0 Å². The Bertz CT molecular complexity index is 940. The quantitative estimate of drug-likeness (QED) is 0.210. The lowest BCUT2D eigenvalue weighted by Crippen LogP contribution is -2.49. The van der Waals surface area contributed by atoms with Gasteiger partial charge in [-0.15, -0.1) is 0 Å². The van der Waals surface area contributed by atoms with Gasteiger partial charge < -0.3 is 20.2 Å². The summed E-state index contributed by atoms with van der Waals surface area (Å²) in [5.74, 6) is 2.79. The number of amides is 1. The van der Waals surface area contributed by atoms with Gasteiger partial charge in [-0.3, -0.25) is 4.79 Å². The highest BCUT2D eigenvalue weighted by Gasteiger charge is 2.58. The summed E-state index contributed by atoms with van der Waals surface area (Å²) < 4.78 is 0. The van der Waals surface area contributed by atoms with Crippen molar-refractivity contribution in [2.24, 2.45) is 17.3 Å². The Morgan fingerprint density at radius 1 is 1.00 bits per heavy atom. The van der Waals surface area contributed by atoms with Gasteiger partial charge in [0.1, 0.15) is 5.75 Å². The number of hydrogen-bond acceptors (Lipinski definition) is 5. The largest absolute Gasteiger partial charge is 0.508 e. The molecule has 6 heteroatoms. The molecule has 4 unspecified atom stereocenters. The van der Waals surface area contributed by atoms with Crippen LogP contribution in [0.1, 0.15) is 127 Å². The number of unbranched alkanes of at least 4 members (excludes halogenated alkanes) is 7. The monoisotopic (exact) mass is 559 g/mol. The van der Waals surface area contributed by atoms with E-state index in [1.807, 2.05) is 29.8 Å². The molecule has 2 saturated carbocycles. The number of phenolic OH excluding ortho intramolecular Hbond substituents is 1. The third-order valence-corrected chi connectivity index (χ3v) is 11.9. The molecule has 0 radical (unpaired) electrons. The maximum atomic E-state index is 12.2. The minimum Gasteiger partial charge on any atom is -0.508 e. The number of phenols is 1. The van der Waals surface area contributed by atoms with E-state index in [-0.39, 0.29) is 28.4 Å². The fourth-order valence-electron chi connectivity index (χ4n) is 7.93. The Morgan fingerprint density at radius 2 is 1.72 bits per heavy atom. The van der Waals surface area contributed by atoms with Crippen LogP contribution in [-0.4, -0.2) is 56.8 Å². The second-order valence-corrected chi connectivity index (χ2v) is 14.2. The molecule has 0 spiro atoms.